The first-order valence-corrected chi connectivity index (χ1v) is 11.5. The zero-order valence-corrected chi connectivity index (χ0v) is 19.8. The van der Waals surface area contributed by atoms with Gasteiger partial charge in [-0.3, -0.25) is 14.4 Å². The van der Waals surface area contributed by atoms with Crippen LogP contribution in [0, 0.1) is 12.7 Å². The van der Waals surface area contributed by atoms with Crippen molar-refractivity contribution in [2.24, 2.45) is 7.05 Å². The van der Waals surface area contributed by atoms with Crippen molar-refractivity contribution >= 4 is 5.91 Å². The van der Waals surface area contributed by atoms with E-state index in [1.54, 1.807) is 12.1 Å². The smallest absolute Gasteiger partial charge is 0.225 e. The first kappa shape index (κ1) is 23.7. The Labute approximate surface area is 194 Å². The Bertz CT molecular complexity index is 942. The van der Waals surface area contributed by atoms with Crippen LogP contribution < -0.4 is 4.74 Å². The number of carbonyl (C=O) groups is 1. The number of halogens is 1. The normalized spacial score (nSPS) is 22.5. The molecule has 0 spiro atoms. The highest BCUT2D eigenvalue weighted by Crippen LogP contribution is 2.27. The van der Waals surface area contributed by atoms with Gasteiger partial charge in [0, 0.05) is 64.6 Å². The molecule has 2 fully saturated rings. The molecule has 2 aliphatic rings. The summed E-state index contributed by atoms with van der Waals surface area (Å²) < 4.78 is 27.4. The Morgan fingerprint density at radius 3 is 2.55 bits per heavy atom. The van der Waals surface area contributed by atoms with Crippen molar-refractivity contribution in [3.63, 3.8) is 0 Å². The second-order valence-electron chi connectivity index (χ2n) is 9.26. The summed E-state index contributed by atoms with van der Waals surface area (Å²) in [5.74, 6) is 0.339. The minimum atomic E-state index is -0.775. The summed E-state index contributed by atoms with van der Waals surface area (Å²) in [5, 5.41) is 4.45. The summed E-state index contributed by atoms with van der Waals surface area (Å²) in [7, 11) is 3.99. The van der Waals surface area contributed by atoms with Gasteiger partial charge in [0.2, 0.25) is 5.91 Å². The molecule has 1 aromatic carbocycles. The number of carbonyl (C=O) groups excluding carboxylic acids is 1. The fourth-order valence-electron chi connectivity index (χ4n) is 4.54. The number of piperazine rings is 1. The van der Waals surface area contributed by atoms with Gasteiger partial charge in [-0.2, -0.15) is 5.10 Å². The summed E-state index contributed by atoms with van der Waals surface area (Å²) in [6, 6.07) is 5.95. The van der Waals surface area contributed by atoms with Crippen LogP contribution in [0.15, 0.2) is 30.5 Å². The maximum Gasteiger partial charge on any atom is 0.225 e. The van der Waals surface area contributed by atoms with Gasteiger partial charge in [-0.15, -0.1) is 0 Å². The molecule has 2 saturated heterocycles. The van der Waals surface area contributed by atoms with Crippen LogP contribution in [0.4, 0.5) is 4.39 Å². The minimum Gasteiger partial charge on any atom is -0.491 e. The summed E-state index contributed by atoms with van der Waals surface area (Å²) in [6.07, 6.45) is 2.29. The quantitative estimate of drug-likeness (QED) is 0.628. The van der Waals surface area contributed by atoms with Crippen LogP contribution in [-0.4, -0.2) is 95.5 Å². The number of aromatic nitrogens is 2. The van der Waals surface area contributed by atoms with Gasteiger partial charge in [-0.05, 0) is 38.2 Å². The number of rotatable bonds is 7. The van der Waals surface area contributed by atoms with Crippen LogP contribution in [0.25, 0.3) is 0 Å². The Morgan fingerprint density at radius 1 is 1.15 bits per heavy atom. The van der Waals surface area contributed by atoms with E-state index in [0.717, 1.165) is 50.5 Å². The number of benzene rings is 1. The molecule has 0 unspecified atom stereocenters. The molecule has 2 aliphatic heterocycles. The van der Waals surface area contributed by atoms with Crippen LogP contribution in [0.1, 0.15) is 17.7 Å². The van der Waals surface area contributed by atoms with Gasteiger partial charge in [0.15, 0.2) is 0 Å². The monoisotopic (exact) mass is 459 g/mol. The number of hydrogen-bond acceptors (Lipinski definition) is 6. The topological polar surface area (TPSA) is 63.1 Å². The van der Waals surface area contributed by atoms with Crippen molar-refractivity contribution in [2.75, 3.05) is 59.5 Å². The molecule has 0 aliphatic carbocycles. The molecule has 0 N–H and O–H groups in total. The standard InChI is InChI=1S/C24H34FN5O3/c1-19-20(15-28(3)26-19)16-29-12-13-33-24(17-29,18-32-22-6-4-21(25)5-7-22)14-23(31)30-10-8-27(2)9-11-30/h4-7,15H,8-14,16-18H2,1-3H3/t24-/m0/s1. The first-order chi connectivity index (χ1) is 15.8. The zero-order chi connectivity index (χ0) is 23.4. The lowest BCUT2D eigenvalue weighted by Gasteiger charge is -2.43. The van der Waals surface area contributed by atoms with Gasteiger partial charge in [-0.25, -0.2) is 4.39 Å². The van der Waals surface area contributed by atoms with Crippen molar-refractivity contribution in [2.45, 2.75) is 25.5 Å². The Hall–Kier alpha value is -2.49. The largest absolute Gasteiger partial charge is 0.491 e. The van der Waals surface area contributed by atoms with Gasteiger partial charge >= 0.3 is 0 Å². The third-order valence-electron chi connectivity index (χ3n) is 6.48. The van der Waals surface area contributed by atoms with E-state index in [4.69, 9.17) is 9.47 Å². The Morgan fingerprint density at radius 2 is 1.88 bits per heavy atom. The average Bonchev–Trinajstić information content (AvgIpc) is 3.10. The van der Waals surface area contributed by atoms with Gasteiger partial charge in [0.05, 0.1) is 18.7 Å². The van der Waals surface area contributed by atoms with Crippen LogP contribution >= 0.6 is 0 Å². The SMILES string of the molecule is Cc1nn(C)cc1CN1CCO[C@@](COc2ccc(F)cc2)(CC(=O)N2CCN(C)CC2)C1. The van der Waals surface area contributed by atoms with Gasteiger partial charge in [-0.1, -0.05) is 0 Å². The molecule has 0 radical (unpaired) electrons. The highest BCUT2D eigenvalue weighted by atomic mass is 19.1. The van der Waals surface area contributed by atoms with E-state index >= 15 is 0 Å². The average molecular weight is 460 g/mol. The molecule has 3 heterocycles. The van der Waals surface area contributed by atoms with Gasteiger partial charge in [0.1, 0.15) is 23.8 Å². The van der Waals surface area contributed by atoms with E-state index in [-0.39, 0.29) is 24.8 Å². The van der Waals surface area contributed by atoms with E-state index in [1.807, 2.05) is 29.7 Å². The fourth-order valence-corrected chi connectivity index (χ4v) is 4.54. The predicted molar refractivity (Wildman–Crippen MR) is 122 cm³/mol. The highest BCUT2D eigenvalue weighted by molar-refractivity contribution is 5.77. The molecule has 1 atom stereocenters. The summed E-state index contributed by atoms with van der Waals surface area (Å²) >= 11 is 0. The van der Waals surface area contributed by atoms with E-state index in [9.17, 15) is 9.18 Å². The molecule has 0 saturated carbocycles. The molecule has 2 aromatic rings. The van der Waals surface area contributed by atoms with Crippen molar-refractivity contribution in [1.82, 2.24) is 24.5 Å². The lowest BCUT2D eigenvalue weighted by atomic mass is 9.96. The number of ether oxygens (including phenoxy) is 2. The van der Waals surface area contributed by atoms with Crippen LogP contribution in [0.2, 0.25) is 0 Å². The Kier molecular flexibility index (Phi) is 7.31. The Balaban J connectivity index is 1.48. The first-order valence-electron chi connectivity index (χ1n) is 11.5. The minimum absolute atomic E-state index is 0.0882. The predicted octanol–water partition coefficient (Wildman–Crippen LogP) is 1.68. The number of nitrogens with zero attached hydrogens (tertiary/aromatic N) is 5. The molecule has 9 heteroatoms. The molecule has 33 heavy (non-hydrogen) atoms. The molecule has 0 bridgehead atoms. The third-order valence-corrected chi connectivity index (χ3v) is 6.48. The molecule has 1 amide bonds. The molecule has 8 nitrogen and oxygen atoms in total. The van der Waals surface area contributed by atoms with E-state index in [0.29, 0.717) is 18.9 Å². The number of likely N-dealkylation sites (N-methyl/N-ethyl adjacent to an activating group) is 1. The second kappa shape index (κ2) is 10.2. The number of hydrogen-bond donors (Lipinski definition) is 0. The number of morpholine rings is 1. The van der Waals surface area contributed by atoms with Crippen molar-refractivity contribution < 1.29 is 18.7 Å². The van der Waals surface area contributed by atoms with Crippen LogP contribution in [0.5, 0.6) is 5.75 Å². The molecule has 180 valence electrons. The maximum absolute atomic E-state index is 13.3. The fraction of sp³-hybridized carbons (Fsp3) is 0.583. The van der Waals surface area contributed by atoms with Crippen LogP contribution in [0.3, 0.4) is 0 Å². The molecular weight excluding hydrogens is 425 g/mol. The third kappa shape index (κ3) is 6.10. The van der Waals surface area contributed by atoms with Crippen LogP contribution in [-0.2, 0) is 23.1 Å². The lowest BCUT2D eigenvalue weighted by Crippen LogP contribution is -2.58. The second-order valence-corrected chi connectivity index (χ2v) is 9.26. The van der Waals surface area contributed by atoms with Crippen molar-refractivity contribution in [3.8, 4) is 5.75 Å². The summed E-state index contributed by atoms with van der Waals surface area (Å²) in [6.45, 7) is 8.03. The van der Waals surface area contributed by atoms with E-state index in [1.165, 1.54) is 12.1 Å². The molecule has 4 rings (SSSR count). The number of aryl methyl sites for hydroxylation is 2. The summed E-state index contributed by atoms with van der Waals surface area (Å²) in [5.41, 5.74) is 1.40. The van der Waals surface area contributed by atoms with Crippen molar-refractivity contribution in [1.29, 1.82) is 0 Å². The maximum atomic E-state index is 13.3. The van der Waals surface area contributed by atoms with Crippen molar-refractivity contribution in [3.05, 3.63) is 47.5 Å². The highest BCUT2D eigenvalue weighted by Gasteiger charge is 2.41. The molecule has 1 aromatic heterocycles. The van der Waals surface area contributed by atoms with E-state index < -0.39 is 5.60 Å². The van der Waals surface area contributed by atoms with Gasteiger partial charge < -0.3 is 19.3 Å². The lowest BCUT2D eigenvalue weighted by molar-refractivity contribution is -0.157. The molecular formula is C24H34FN5O3. The number of amides is 1. The zero-order valence-electron chi connectivity index (χ0n) is 19.8. The van der Waals surface area contributed by atoms with Gasteiger partial charge in [0.25, 0.3) is 0 Å². The van der Waals surface area contributed by atoms with E-state index in [2.05, 4.69) is 21.9 Å². The summed E-state index contributed by atoms with van der Waals surface area (Å²) in [4.78, 5) is 19.7.